The van der Waals surface area contributed by atoms with Crippen molar-refractivity contribution < 1.29 is 29.0 Å². The van der Waals surface area contributed by atoms with Crippen molar-refractivity contribution in [1.29, 1.82) is 0 Å². The fourth-order valence-electron chi connectivity index (χ4n) is 4.58. The Labute approximate surface area is 236 Å². The van der Waals surface area contributed by atoms with Crippen molar-refractivity contribution in [1.82, 2.24) is 15.2 Å². The molecule has 2 heterocycles. The van der Waals surface area contributed by atoms with Gasteiger partial charge < -0.3 is 19.9 Å². The first-order valence-electron chi connectivity index (χ1n) is 13.5. The number of anilines is 1. The number of methoxy groups -OCH3 is 1. The number of aromatic nitrogens is 1. The van der Waals surface area contributed by atoms with E-state index >= 15 is 0 Å². The van der Waals surface area contributed by atoms with Crippen LogP contribution in [0.3, 0.4) is 0 Å². The smallest absolute Gasteiger partial charge is 0.411 e. The highest BCUT2D eigenvalue weighted by Crippen LogP contribution is 2.33. The Balaban J connectivity index is 2.12. The van der Waals surface area contributed by atoms with Crippen LogP contribution in [0, 0.1) is 0 Å². The van der Waals surface area contributed by atoms with Gasteiger partial charge in [0.05, 0.1) is 19.3 Å². The Morgan fingerprint density at radius 1 is 1.12 bits per heavy atom. The summed E-state index contributed by atoms with van der Waals surface area (Å²) in [7, 11) is 1.54. The van der Waals surface area contributed by atoms with Gasteiger partial charge in [-0.3, -0.25) is 24.4 Å². The Hall–Kier alpha value is -3.50. The molecule has 1 aromatic heterocycles. The number of nitrogens with one attached hydrogen (secondary N) is 1. The number of aliphatic hydroxyl groups is 1. The Morgan fingerprint density at radius 3 is 2.35 bits per heavy atom. The zero-order valence-electron chi connectivity index (χ0n) is 24.5. The molecule has 3 rings (SSSR count). The summed E-state index contributed by atoms with van der Waals surface area (Å²) in [5.74, 6) is -0.942. The number of β-amino-alcohol motifs (C(OH)–C–C–N with tert-alkyl or cyclic N) is 1. The summed E-state index contributed by atoms with van der Waals surface area (Å²) in [6.45, 7) is 12.0. The first kappa shape index (κ1) is 31.0. The molecule has 1 aliphatic rings. The number of likely N-dealkylation sites (tertiary alicyclic amines) is 1. The van der Waals surface area contributed by atoms with E-state index in [1.165, 1.54) is 16.9 Å². The first-order valence-corrected chi connectivity index (χ1v) is 13.5. The summed E-state index contributed by atoms with van der Waals surface area (Å²) >= 11 is 0. The van der Waals surface area contributed by atoms with Gasteiger partial charge in [-0.1, -0.05) is 39.0 Å². The summed E-state index contributed by atoms with van der Waals surface area (Å²) in [6, 6.07) is 8.73. The number of rotatable bonds is 8. The number of aliphatic hydroxyl groups excluding tert-OH is 1. The molecule has 0 radical (unpaired) electrons. The van der Waals surface area contributed by atoms with Crippen molar-refractivity contribution in [2.75, 3.05) is 31.7 Å². The van der Waals surface area contributed by atoms with E-state index < -0.39 is 41.7 Å². The summed E-state index contributed by atoms with van der Waals surface area (Å²) in [6.07, 6.45) is 1.52. The van der Waals surface area contributed by atoms with Gasteiger partial charge >= 0.3 is 6.09 Å². The summed E-state index contributed by atoms with van der Waals surface area (Å²) in [5, 5.41) is 13.4. The second kappa shape index (κ2) is 12.8. The van der Waals surface area contributed by atoms with Gasteiger partial charge in [-0.2, -0.15) is 0 Å². The minimum absolute atomic E-state index is 0.0136. The number of hydrogen-bond donors (Lipinski definition) is 2. The van der Waals surface area contributed by atoms with Gasteiger partial charge in [0.2, 0.25) is 5.91 Å². The molecule has 3 atom stereocenters. The number of ether oxygens (including phenoxy) is 2. The maximum absolute atomic E-state index is 14.4. The summed E-state index contributed by atoms with van der Waals surface area (Å²) in [5.41, 5.74) is 1.10. The quantitative estimate of drug-likeness (QED) is 0.479. The highest BCUT2D eigenvalue weighted by molar-refractivity contribution is 6.04. The van der Waals surface area contributed by atoms with Crippen LogP contribution in [0.1, 0.15) is 65.1 Å². The van der Waals surface area contributed by atoms with Crippen LogP contribution >= 0.6 is 0 Å². The zero-order chi connectivity index (χ0) is 29.7. The van der Waals surface area contributed by atoms with Gasteiger partial charge in [-0.25, -0.2) is 4.79 Å². The van der Waals surface area contributed by atoms with E-state index in [9.17, 15) is 19.5 Å². The second-order valence-electron chi connectivity index (χ2n) is 12.0. The fraction of sp³-hybridized carbons (Fsp3) is 0.533. The molecule has 1 saturated heterocycles. The average molecular weight is 555 g/mol. The molecule has 0 spiro atoms. The molecular weight excluding hydrogens is 512 g/mol. The lowest BCUT2D eigenvalue weighted by molar-refractivity contribution is -0.128. The number of carbonyl (C=O) groups is 3. The van der Waals surface area contributed by atoms with Gasteiger partial charge in [0, 0.05) is 43.7 Å². The third kappa shape index (κ3) is 7.79. The number of carbonyl (C=O) groups excluding carboxylic acids is 3. The van der Waals surface area contributed by atoms with Crippen LogP contribution in [-0.4, -0.2) is 77.5 Å². The van der Waals surface area contributed by atoms with E-state index in [2.05, 4.69) is 31.1 Å². The highest BCUT2D eigenvalue weighted by atomic mass is 16.6. The van der Waals surface area contributed by atoms with Crippen molar-refractivity contribution in [2.24, 2.45) is 0 Å². The highest BCUT2D eigenvalue weighted by Gasteiger charge is 2.45. The summed E-state index contributed by atoms with van der Waals surface area (Å²) in [4.78, 5) is 48.1. The van der Waals surface area contributed by atoms with Crippen molar-refractivity contribution >= 4 is 23.6 Å². The number of amides is 3. The van der Waals surface area contributed by atoms with Crippen LogP contribution in [0.4, 0.5) is 10.5 Å². The molecular formula is C30H42N4O6. The Morgan fingerprint density at radius 2 is 1.80 bits per heavy atom. The van der Waals surface area contributed by atoms with Crippen LogP contribution in [0.2, 0.25) is 0 Å². The molecule has 2 N–H and O–H groups in total. The van der Waals surface area contributed by atoms with Crippen LogP contribution < -0.4 is 10.2 Å². The molecule has 10 heteroatoms. The van der Waals surface area contributed by atoms with Gasteiger partial charge in [-0.15, -0.1) is 0 Å². The van der Waals surface area contributed by atoms with E-state index in [1.807, 2.05) is 12.1 Å². The Bertz CT molecular complexity index is 1160. The van der Waals surface area contributed by atoms with E-state index in [4.69, 9.17) is 9.47 Å². The molecule has 1 aliphatic heterocycles. The number of nitrogens with zero attached hydrogens (tertiary/aromatic N) is 3. The van der Waals surface area contributed by atoms with Crippen molar-refractivity contribution in [3.05, 3.63) is 59.9 Å². The lowest BCUT2D eigenvalue weighted by Gasteiger charge is -2.36. The van der Waals surface area contributed by atoms with E-state index in [-0.39, 0.29) is 24.9 Å². The number of benzene rings is 1. The third-order valence-electron chi connectivity index (χ3n) is 6.55. The maximum Gasteiger partial charge on any atom is 0.411 e. The third-order valence-corrected chi connectivity index (χ3v) is 6.55. The fourth-order valence-corrected chi connectivity index (χ4v) is 4.58. The van der Waals surface area contributed by atoms with Gasteiger partial charge in [0.15, 0.2) is 0 Å². The molecule has 10 nitrogen and oxygen atoms in total. The second-order valence-corrected chi connectivity index (χ2v) is 12.0. The van der Waals surface area contributed by atoms with E-state index in [0.717, 1.165) is 5.56 Å². The molecule has 0 aliphatic carbocycles. The molecule has 2 aromatic rings. The molecule has 1 fully saturated rings. The van der Waals surface area contributed by atoms with Crippen LogP contribution in [0.5, 0.6) is 0 Å². The Kier molecular flexibility index (Phi) is 9.92. The van der Waals surface area contributed by atoms with Crippen LogP contribution in [-0.2, 0) is 24.5 Å². The first-order chi connectivity index (χ1) is 18.7. The van der Waals surface area contributed by atoms with Gasteiger partial charge in [0.25, 0.3) is 5.91 Å². The minimum atomic E-state index is -1.10. The minimum Gasteiger partial charge on any atom is -0.444 e. The molecule has 0 saturated carbocycles. The summed E-state index contributed by atoms with van der Waals surface area (Å²) < 4.78 is 10.6. The van der Waals surface area contributed by atoms with Crippen LogP contribution in [0.15, 0.2) is 48.8 Å². The molecule has 218 valence electrons. The monoisotopic (exact) mass is 554 g/mol. The van der Waals surface area contributed by atoms with Crippen molar-refractivity contribution in [3.63, 3.8) is 0 Å². The SMILES string of the molecule is COCCNC(=O)[C@@H](c1cccnc1)N(C(=O)[C@H]1C[C@@H](O)CN1C(=O)OC(C)(C)C)c1ccc(C(C)(C)C)cc1. The molecule has 40 heavy (non-hydrogen) atoms. The predicted octanol–water partition coefficient (Wildman–Crippen LogP) is 3.59. The molecule has 0 unspecified atom stereocenters. The maximum atomic E-state index is 14.4. The topological polar surface area (TPSA) is 121 Å². The van der Waals surface area contributed by atoms with Crippen LogP contribution in [0.25, 0.3) is 0 Å². The lowest BCUT2D eigenvalue weighted by atomic mass is 9.87. The number of pyridine rings is 1. The molecule has 3 amide bonds. The number of hydrogen-bond acceptors (Lipinski definition) is 7. The van der Waals surface area contributed by atoms with Crippen molar-refractivity contribution in [2.45, 2.75) is 77.2 Å². The van der Waals surface area contributed by atoms with E-state index in [1.54, 1.807) is 57.4 Å². The van der Waals surface area contributed by atoms with Crippen molar-refractivity contribution in [3.8, 4) is 0 Å². The van der Waals surface area contributed by atoms with Gasteiger partial charge in [-0.05, 0) is 49.9 Å². The predicted molar refractivity (Wildman–Crippen MR) is 152 cm³/mol. The molecule has 1 aromatic carbocycles. The van der Waals surface area contributed by atoms with Gasteiger partial charge in [0.1, 0.15) is 17.7 Å². The largest absolute Gasteiger partial charge is 0.444 e. The lowest BCUT2D eigenvalue weighted by Crippen LogP contribution is -2.53. The zero-order valence-corrected chi connectivity index (χ0v) is 24.5. The normalized spacial score (nSPS) is 18.2. The molecule has 0 bridgehead atoms. The van der Waals surface area contributed by atoms with E-state index in [0.29, 0.717) is 17.9 Å². The average Bonchev–Trinajstić information content (AvgIpc) is 3.28. The standard InChI is InChI=1S/C30H42N4O6/c1-29(2,3)21-10-12-22(13-11-21)34(25(20-9-8-14-31-18-20)26(36)32-15-16-39-7)27(37)24-17-23(35)19-33(24)28(38)40-30(4,5)6/h8-14,18,23-25,35H,15-17,19H2,1-7H3,(H,32,36)/t23-,24-,25-/m1/s1.